The van der Waals surface area contributed by atoms with Crippen LogP contribution in [0.2, 0.25) is 5.02 Å². The fraction of sp³-hybridized carbons (Fsp3) is 0.130. The van der Waals surface area contributed by atoms with Gasteiger partial charge >= 0.3 is 0 Å². The molecule has 4 nitrogen and oxygen atoms in total. The third kappa shape index (κ3) is 5.25. The zero-order valence-electron chi connectivity index (χ0n) is 16.0. The van der Waals surface area contributed by atoms with Crippen molar-refractivity contribution in [2.45, 2.75) is 6.54 Å². The Bertz CT molecular complexity index is 1120. The summed E-state index contributed by atoms with van der Waals surface area (Å²) >= 11 is 6.21. The van der Waals surface area contributed by atoms with Gasteiger partial charge in [0, 0.05) is 42.6 Å². The first-order valence-corrected chi connectivity index (χ1v) is 9.65. The van der Waals surface area contributed by atoms with Crippen molar-refractivity contribution in [2.75, 3.05) is 13.2 Å². The number of hydrogen-bond acceptors (Lipinski definition) is 4. The topological polar surface area (TPSA) is 47.0 Å². The molecule has 0 aliphatic heterocycles. The molecule has 0 radical (unpaired) electrons. The van der Waals surface area contributed by atoms with Crippen LogP contribution in [0, 0.1) is 5.82 Å². The molecule has 0 fully saturated rings. The molecule has 1 N–H and O–H groups in total. The Kier molecular flexibility index (Phi) is 7.57. The van der Waals surface area contributed by atoms with E-state index < -0.39 is 0 Å². The number of hydrogen-bond donors (Lipinski definition) is 1. The lowest BCUT2D eigenvalue weighted by molar-refractivity contribution is 0.316. The Morgan fingerprint density at radius 1 is 1.00 bits per heavy atom. The maximum absolute atomic E-state index is 13.1. The quantitative estimate of drug-likeness (QED) is 0.373. The molecule has 0 spiro atoms. The highest BCUT2D eigenvalue weighted by Crippen LogP contribution is 2.29. The van der Waals surface area contributed by atoms with Crippen molar-refractivity contribution in [3.8, 4) is 16.9 Å². The van der Waals surface area contributed by atoms with Crippen molar-refractivity contribution in [3.63, 3.8) is 0 Å². The van der Waals surface area contributed by atoms with Crippen molar-refractivity contribution in [1.82, 2.24) is 15.3 Å². The van der Waals surface area contributed by atoms with Gasteiger partial charge in [-0.2, -0.15) is 0 Å². The second-order valence-electron chi connectivity index (χ2n) is 6.56. The number of ether oxygens (including phenoxy) is 1. The molecule has 0 saturated heterocycles. The highest BCUT2D eigenvalue weighted by molar-refractivity contribution is 6.35. The van der Waals surface area contributed by atoms with E-state index in [1.807, 2.05) is 36.5 Å². The molecule has 0 aliphatic rings. The molecule has 154 valence electrons. The van der Waals surface area contributed by atoms with Crippen LogP contribution in [0.1, 0.15) is 5.56 Å². The van der Waals surface area contributed by atoms with E-state index in [4.69, 9.17) is 16.3 Å². The van der Waals surface area contributed by atoms with E-state index in [0.717, 1.165) is 27.6 Å². The van der Waals surface area contributed by atoms with Crippen LogP contribution < -0.4 is 10.1 Å². The molecular formula is C23H20Cl2FN3O. The number of nitrogens with one attached hydrogen (secondary N) is 1. The average Bonchev–Trinajstić information content (AvgIpc) is 2.76. The molecule has 0 unspecified atom stereocenters. The first-order valence-electron chi connectivity index (χ1n) is 9.27. The minimum atomic E-state index is -0.247. The van der Waals surface area contributed by atoms with Gasteiger partial charge in [-0.25, -0.2) is 4.39 Å². The zero-order chi connectivity index (χ0) is 20.1. The Balaban J connectivity index is 0.00000256. The fourth-order valence-corrected chi connectivity index (χ4v) is 3.29. The van der Waals surface area contributed by atoms with E-state index in [0.29, 0.717) is 30.5 Å². The highest BCUT2D eigenvalue weighted by Gasteiger charge is 2.06. The Morgan fingerprint density at radius 3 is 2.67 bits per heavy atom. The largest absolute Gasteiger partial charge is 0.490 e. The molecule has 7 heteroatoms. The van der Waals surface area contributed by atoms with Gasteiger partial charge in [-0.15, -0.1) is 12.4 Å². The summed E-state index contributed by atoms with van der Waals surface area (Å²) in [7, 11) is 0. The van der Waals surface area contributed by atoms with Gasteiger partial charge in [0.05, 0.1) is 5.02 Å². The van der Waals surface area contributed by atoms with E-state index in [1.165, 1.54) is 12.1 Å². The second-order valence-corrected chi connectivity index (χ2v) is 6.97. The monoisotopic (exact) mass is 443 g/mol. The van der Waals surface area contributed by atoms with Gasteiger partial charge in [-0.3, -0.25) is 9.97 Å². The van der Waals surface area contributed by atoms with Crippen LogP contribution in [0.3, 0.4) is 0 Å². The van der Waals surface area contributed by atoms with Crippen LogP contribution in [0.15, 0.2) is 73.2 Å². The molecule has 4 rings (SSSR count). The Morgan fingerprint density at radius 2 is 1.83 bits per heavy atom. The standard InChI is InChI=1S/C23H19ClFN3O.ClH/c24-21-7-8-22(23-20(21)2-1-9-28-23)29-11-10-26-13-16-12-18(15-27-14-16)17-3-5-19(25)6-4-17;/h1-9,12,14-15,26H,10-11,13H2;1H. The number of pyridine rings is 2. The van der Waals surface area contributed by atoms with Crippen molar-refractivity contribution in [2.24, 2.45) is 0 Å². The number of nitrogens with zero attached hydrogens (tertiary/aromatic N) is 2. The molecule has 30 heavy (non-hydrogen) atoms. The lowest BCUT2D eigenvalue weighted by Gasteiger charge is -2.11. The summed E-state index contributed by atoms with van der Waals surface area (Å²) in [5, 5.41) is 4.89. The van der Waals surface area contributed by atoms with Gasteiger partial charge < -0.3 is 10.1 Å². The first-order chi connectivity index (χ1) is 14.2. The van der Waals surface area contributed by atoms with Crippen LogP contribution in [-0.4, -0.2) is 23.1 Å². The number of rotatable bonds is 7. The Labute approximate surface area is 185 Å². The number of halogens is 3. The average molecular weight is 444 g/mol. The van der Waals surface area contributed by atoms with Gasteiger partial charge in [-0.05, 0) is 53.6 Å². The maximum atomic E-state index is 13.1. The second kappa shape index (κ2) is 10.3. The molecule has 0 bridgehead atoms. The van der Waals surface area contributed by atoms with E-state index in [9.17, 15) is 4.39 Å². The van der Waals surface area contributed by atoms with Crippen LogP contribution in [0.4, 0.5) is 4.39 Å². The molecule has 2 heterocycles. The molecule has 0 saturated carbocycles. The summed E-state index contributed by atoms with van der Waals surface area (Å²) in [5.74, 6) is 0.468. The van der Waals surface area contributed by atoms with Crippen LogP contribution >= 0.6 is 24.0 Å². The summed E-state index contributed by atoms with van der Waals surface area (Å²) in [5.41, 5.74) is 3.70. The summed E-state index contributed by atoms with van der Waals surface area (Å²) in [6, 6.07) is 15.9. The molecule has 0 amide bonds. The summed E-state index contributed by atoms with van der Waals surface area (Å²) < 4.78 is 19.0. The third-order valence-corrected chi connectivity index (χ3v) is 4.85. The van der Waals surface area contributed by atoms with Crippen LogP contribution in [-0.2, 0) is 6.54 Å². The lowest BCUT2D eigenvalue weighted by atomic mass is 10.1. The summed E-state index contributed by atoms with van der Waals surface area (Å²) in [4.78, 5) is 8.66. The van der Waals surface area contributed by atoms with Crippen LogP contribution in [0.5, 0.6) is 5.75 Å². The van der Waals surface area contributed by atoms with Crippen molar-refractivity contribution in [3.05, 3.63) is 89.6 Å². The maximum Gasteiger partial charge on any atom is 0.145 e. The number of fused-ring (bicyclic) bond motifs is 1. The minimum absolute atomic E-state index is 0. The smallest absolute Gasteiger partial charge is 0.145 e. The zero-order valence-corrected chi connectivity index (χ0v) is 17.6. The number of aromatic nitrogens is 2. The fourth-order valence-electron chi connectivity index (χ4n) is 3.08. The van der Waals surface area contributed by atoms with Gasteiger partial charge in [-0.1, -0.05) is 23.7 Å². The molecule has 4 aromatic rings. The molecular weight excluding hydrogens is 424 g/mol. The van der Waals surface area contributed by atoms with Gasteiger partial charge in [0.15, 0.2) is 0 Å². The lowest BCUT2D eigenvalue weighted by Crippen LogP contribution is -2.20. The summed E-state index contributed by atoms with van der Waals surface area (Å²) in [6.07, 6.45) is 5.32. The molecule has 0 aliphatic carbocycles. The summed E-state index contributed by atoms with van der Waals surface area (Å²) in [6.45, 7) is 1.82. The molecule has 2 aromatic carbocycles. The normalized spacial score (nSPS) is 10.6. The highest BCUT2D eigenvalue weighted by atomic mass is 35.5. The van der Waals surface area contributed by atoms with E-state index >= 15 is 0 Å². The van der Waals surface area contributed by atoms with Gasteiger partial charge in [0.25, 0.3) is 0 Å². The number of benzene rings is 2. The van der Waals surface area contributed by atoms with Crippen molar-refractivity contribution in [1.29, 1.82) is 0 Å². The van der Waals surface area contributed by atoms with Gasteiger partial charge in [0.2, 0.25) is 0 Å². The van der Waals surface area contributed by atoms with E-state index in [-0.39, 0.29) is 18.2 Å². The minimum Gasteiger partial charge on any atom is -0.490 e. The SMILES string of the molecule is Cl.Fc1ccc(-c2cncc(CNCCOc3ccc(Cl)c4cccnc34)c2)cc1. The van der Waals surface area contributed by atoms with Crippen molar-refractivity contribution >= 4 is 34.9 Å². The molecule has 2 aromatic heterocycles. The van der Waals surface area contributed by atoms with E-state index in [2.05, 4.69) is 15.3 Å². The predicted octanol–water partition coefficient (Wildman–Crippen LogP) is 5.68. The molecule has 0 atom stereocenters. The third-order valence-electron chi connectivity index (χ3n) is 4.52. The van der Waals surface area contributed by atoms with Crippen LogP contribution in [0.25, 0.3) is 22.0 Å². The van der Waals surface area contributed by atoms with E-state index in [1.54, 1.807) is 24.5 Å². The first kappa shape index (κ1) is 22.0. The predicted molar refractivity (Wildman–Crippen MR) is 121 cm³/mol. The van der Waals surface area contributed by atoms with Crippen molar-refractivity contribution < 1.29 is 9.13 Å². The van der Waals surface area contributed by atoms with Gasteiger partial charge in [0.1, 0.15) is 23.7 Å². The Hall–Kier alpha value is -2.73.